The lowest BCUT2D eigenvalue weighted by molar-refractivity contribution is -0.154. The van der Waals surface area contributed by atoms with E-state index in [1.54, 1.807) is 4.90 Å². The minimum absolute atomic E-state index is 0.0500. The zero-order valence-electron chi connectivity index (χ0n) is 13.8. The molecule has 2 heterocycles. The maximum Gasteiger partial charge on any atom is 0.416 e. The lowest BCUT2D eigenvalue weighted by Crippen LogP contribution is -2.49. The molecule has 1 aromatic heterocycles. The number of alkyl halides is 3. The van der Waals surface area contributed by atoms with Crippen molar-refractivity contribution in [2.45, 2.75) is 18.8 Å². The van der Waals surface area contributed by atoms with Crippen molar-refractivity contribution in [1.82, 2.24) is 15.0 Å². The van der Waals surface area contributed by atoms with Gasteiger partial charge in [0.25, 0.3) is 0 Å². The largest absolute Gasteiger partial charge is 0.468 e. The molecule has 3 rings (SSSR count). The van der Waals surface area contributed by atoms with Gasteiger partial charge in [0.15, 0.2) is 0 Å². The summed E-state index contributed by atoms with van der Waals surface area (Å²) in [5.74, 6) is -0.204. The molecule has 0 N–H and O–H groups in total. The van der Waals surface area contributed by atoms with Crippen LogP contribution in [0.5, 0.6) is 0 Å². The van der Waals surface area contributed by atoms with Crippen LogP contribution in [0.25, 0.3) is 11.4 Å². The fraction of sp³-hybridized carbons (Fsp3) is 0.438. The second-order valence-electron chi connectivity index (χ2n) is 5.67. The lowest BCUT2D eigenvalue weighted by Gasteiger charge is -2.32. The molecule has 1 aromatic carbocycles. The van der Waals surface area contributed by atoms with Gasteiger partial charge in [-0.1, -0.05) is 17.3 Å². The van der Waals surface area contributed by atoms with Crippen molar-refractivity contribution in [3.05, 3.63) is 35.7 Å². The highest BCUT2D eigenvalue weighted by Crippen LogP contribution is 2.31. The predicted molar refractivity (Wildman–Crippen MR) is 81.8 cm³/mol. The van der Waals surface area contributed by atoms with E-state index in [1.165, 1.54) is 19.2 Å². The van der Waals surface area contributed by atoms with E-state index in [0.29, 0.717) is 13.2 Å². The van der Waals surface area contributed by atoms with Crippen molar-refractivity contribution >= 4 is 5.97 Å². The number of halogens is 3. The van der Waals surface area contributed by atoms with E-state index >= 15 is 0 Å². The smallest absolute Gasteiger partial charge is 0.416 e. The first kappa shape index (κ1) is 18.3. The molecule has 1 aliphatic heterocycles. The molecule has 2 aromatic rings. The Labute approximate surface area is 146 Å². The van der Waals surface area contributed by atoms with Crippen LogP contribution in [0, 0.1) is 0 Å². The number of aromatic nitrogens is 2. The molecular formula is C16H16F3N3O4. The zero-order valence-corrected chi connectivity index (χ0v) is 13.8. The fourth-order valence-electron chi connectivity index (χ4n) is 2.63. The van der Waals surface area contributed by atoms with Crippen LogP contribution in [-0.4, -0.2) is 53.9 Å². The number of morpholine rings is 1. The van der Waals surface area contributed by atoms with Crippen LogP contribution in [0.15, 0.2) is 28.8 Å². The molecule has 1 atom stereocenters. The topological polar surface area (TPSA) is 77.7 Å². The Balaban J connectivity index is 1.77. The minimum Gasteiger partial charge on any atom is -0.468 e. The standard InChI is InChI=1S/C16H16F3N3O4/c1-24-15(23)12-9-25-6-5-22(12)8-13-20-14(21-26-13)10-3-2-4-11(7-10)16(17,18)19/h2-4,7,12H,5-6,8-9H2,1H3. The molecule has 1 fully saturated rings. The monoisotopic (exact) mass is 371 g/mol. The number of carbonyl (C=O) groups excluding carboxylic acids is 1. The van der Waals surface area contributed by atoms with Crippen LogP contribution in [0.3, 0.4) is 0 Å². The third kappa shape index (κ3) is 4.02. The summed E-state index contributed by atoms with van der Waals surface area (Å²) in [7, 11) is 1.29. The maximum absolute atomic E-state index is 12.8. The molecule has 7 nitrogen and oxygen atoms in total. The quantitative estimate of drug-likeness (QED) is 0.762. The fourth-order valence-corrected chi connectivity index (χ4v) is 2.63. The first-order valence-corrected chi connectivity index (χ1v) is 7.78. The van der Waals surface area contributed by atoms with Gasteiger partial charge in [-0.2, -0.15) is 18.2 Å². The number of hydrogen-bond acceptors (Lipinski definition) is 7. The van der Waals surface area contributed by atoms with Gasteiger partial charge in [0.05, 0.1) is 32.4 Å². The van der Waals surface area contributed by atoms with Crippen LogP contribution in [-0.2, 0) is 27.0 Å². The van der Waals surface area contributed by atoms with E-state index in [-0.39, 0.29) is 30.4 Å². The summed E-state index contributed by atoms with van der Waals surface area (Å²) >= 11 is 0. The molecule has 0 bridgehead atoms. The predicted octanol–water partition coefficient (Wildman–Crippen LogP) is 2.13. The number of hydrogen-bond donors (Lipinski definition) is 0. The van der Waals surface area contributed by atoms with E-state index in [0.717, 1.165) is 12.1 Å². The van der Waals surface area contributed by atoms with Crippen molar-refractivity contribution < 1.29 is 32.0 Å². The summed E-state index contributed by atoms with van der Waals surface area (Å²) in [6, 6.07) is 4.08. The Morgan fingerprint density at radius 1 is 1.42 bits per heavy atom. The van der Waals surface area contributed by atoms with Crippen LogP contribution in [0.2, 0.25) is 0 Å². The average molecular weight is 371 g/mol. The molecule has 140 valence electrons. The number of nitrogens with zero attached hydrogens (tertiary/aromatic N) is 3. The molecule has 0 radical (unpaired) electrons. The number of methoxy groups -OCH3 is 1. The molecular weight excluding hydrogens is 355 g/mol. The Hall–Kier alpha value is -2.46. The van der Waals surface area contributed by atoms with Crippen molar-refractivity contribution in [2.24, 2.45) is 0 Å². The Morgan fingerprint density at radius 2 is 2.23 bits per heavy atom. The van der Waals surface area contributed by atoms with E-state index in [4.69, 9.17) is 14.0 Å². The first-order chi connectivity index (χ1) is 12.4. The van der Waals surface area contributed by atoms with Crippen molar-refractivity contribution in [1.29, 1.82) is 0 Å². The van der Waals surface area contributed by atoms with E-state index < -0.39 is 23.8 Å². The normalized spacial score (nSPS) is 18.7. The van der Waals surface area contributed by atoms with Gasteiger partial charge in [-0.05, 0) is 12.1 Å². The van der Waals surface area contributed by atoms with Crippen molar-refractivity contribution in [2.75, 3.05) is 26.9 Å². The van der Waals surface area contributed by atoms with Gasteiger partial charge in [-0.25, -0.2) is 0 Å². The second-order valence-corrected chi connectivity index (χ2v) is 5.67. The molecule has 1 aliphatic rings. The third-order valence-corrected chi connectivity index (χ3v) is 3.97. The number of esters is 1. The van der Waals surface area contributed by atoms with Crippen LogP contribution < -0.4 is 0 Å². The van der Waals surface area contributed by atoms with Crippen molar-refractivity contribution in [3.8, 4) is 11.4 Å². The Morgan fingerprint density at radius 3 is 2.96 bits per heavy atom. The molecule has 1 unspecified atom stereocenters. The van der Waals surface area contributed by atoms with E-state index in [1.807, 2.05) is 0 Å². The van der Waals surface area contributed by atoms with E-state index in [9.17, 15) is 18.0 Å². The van der Waals surface area contributed by atoms with Gasteiger partial charge in [0.1, 0.15) is 6.04 Å². The Kier molecular flexibility index (Phi) is 5.23. The van der Waals surface area contributed by atoms with Gasteiger partial charge in [-0.15, -0.1) is 0 Å². The Bertz CT molecular complexity index is 778. The summed E-state index contributed by atoms with van der Waals surface area (Å²) in [5.41, 5.74) is -0.596. The highest BCUT2D eigenvalue weighted by molar-refractivity contribution is 5.75. The lowest BCUT2D eigenvalue weighted by atomic mass is 10.1. The summed E-state index contributed by atoms with van der Waals surface area (Å²) in [5, 5.41) is 3.74. The minimum atomic E-state index is -4.45. The van der Waals surface area contributed by atoms with Crippen LogP contribution in [0.4, 0.5) is 13.2 Å². The summed E-state index contributed by atoms with van der Waals surface area (Å²) < 4.78 is 53.6. The molecule has 0 amide bonds. The third-order valence-electron chi connectivity index (χ3n) is 3.97. The van der Waals surface area contributed by atoms with Gasteiger partial charge in [-0.3, -0.25) is 9.69 Å². The summed E-state index contributed by atoms with van der Waals surface area (Å²) in [6.07, 6.45) is -4.45. The zero-order chi connectivity index (χ0) is 18.7. The van der Waals surface area contributed by atoms with Gasteiger partial charge >= 0.3 is 12.1 Å². The molecule has 0 saturated carbocycles. The highest BCUT2D eigenvalue weighted by Gasteiger charge is 2.32. The molecule has 10 heteroatoms. The molecule has 0 aliphatic carbocycles. The molecule has 0 spiro atoms. The van der Waals surface area contributed by atoms with Crippen molar-refractivity contribution in [3.63, 3.8) is 0 Å². The number of benzene rings is 1. The van der Waals surface area contributed by atoms with Crippen LogP contribution >= 0.6 is 0 Å². The second kappa shape index (κ2) is 7.42. The number of ether oxygens (including phenoxy) is 2. The highest BCUT2D eigenvalue weighted by atomic mass is 19.4. The maximum atomic E-state index is 12.8. The van der Waals surface area contributed by atoms with Crippen LogP contribution in [0.1, 0.15) is 11.5 Å². The number of carbonyl (C=O) groups is 1. The van der Waals surface area contributed by atoms with Gasteiger partial charge in [0, 0.05) is 12.1 Å². The molecule has 26 heavy (non-hydrogen) atoms. The summed E-state index contributed by atoms with van der Waals surface area (Å²) in [4.78, 5) is 17.7. The van der Waals surface area contributed by atoms with Gasteiger partial charge in [0.2, 0.25) is 11.7 Å². The SMILES string of the molecule is COC(=O)C1COCCN1Cc1nc(-c2cccc(C(F)(F)F)c2)no1. The molecule has 1 saturated heterocycles. The summed E-state index contributed by atoms with van der Waals surface area (Å²) in [6.45, 7) is 1.24. The first-order valence-electron chi connectivity index (χ1n) is 7.78. The average Bonchev–Trinajstić information content (AvgIpc) is 3.09. The number of rotatable bonds is 4. The van der Waals surface area contributed by atoms with Gasteiger partial charge < -0.3 is 14.0 Å². The van der Waals surface area contributed by atoms with E-state index in [2.05, 4.69) is 10.1 Å².